The minimum Gasteiger partial charge on any atom is -0.325 e. The fourth-order valence-corrected chi connectivity index (χ4v) is 2.33. The van der Waals surface area contributed by atoms with Gasteiger partial charge in [0, 0.05) is 11.8 Å². The summed E-state index contributed by atoms with van der Waals surface area (Å²) in [7, 11) is 1.56. The normalized spacial score (nSPS) is 12.2. The maximum Gasteiger partial charge on any atom is 0.441 e. The third kappa shape index (κ3) is 3.48. The van der Waals surface area contributed by atoms with E-state index in [-0.39, 0.29) is 10.7 Å². The van der Waals surface area contributed by atoms with Gasteiger partial charge in [-0.05, 0) is 36.1 Å². The number of nitrogens with zero attached hydrogens (tertiary/aromatic N) is 1. The number of hydrogen-bond donors (Lipinski definition) is 2. The van der Waals surface area contributed by atoms with E-state index >= 15 is 0 Å². The summed E-state index contributed by atoms with van der Waals surface area (Å²) < 4.78 is 31.7. The Balaban J connectivity index is 2.06. The highest BCUT2D eigenvalue weighted by molar-refractivity contribution is 8.00. The molecule has 21 heavy (non-hydrogen) atoms. The Morgan fingerprint density at radius 1 is 1.43 bits per heavy atom. The molecule has 0 saturated carbocycles. The van der Waals surface area contributed by atoms with E-state index in [1.54, 1.807) is 14.0 Å². The van der Waals surface area contributed by atoms with Gasteiger partial charge in [-0.25, -0.2) is 13.6 Å². The van der Waals surface area contributed by atoms with Crippen LogP contribution in [-0.2, 0) is 11.8 Å². The number of rotatable bonds is 4. The number of hydrogen-bond acceptors (Lipinski definition) is 4. The van der Waals surface area contributed by atoms with Gasteiger partial charge >= 0.3 is 10.7 Å². The van der Waals surface area contributed by atoms with Gasteiger partial charge in [-0.1, -0.05) is 4.68 Å². The lowest BCUT2D eigenvalue weighted by Gasteiger charge is -2.09. The zero-order valence-corrected chi connectivity index (χ0v) is 12.0. The van der Waals surface area contributed by atoms with Crippen molar-refractivity contribution in [2.24, 2.45) is 7.05 Å². The Hall–Kier alpha value is -2.16. The van der Waals surface area contributed by atoms with Crippen LogP contribution in [-0.4, -0.2) is 16.4 Å². The second-order valence-electron chi connectivity index (χ2n) is 4.22. The lowest BCUT2D eigenvalue weighted by Crippen LogP contribution is -2.35. The zero-order valence-electron chi connectivity index (χ0n) is 11.1. The van der Waals surface area contributed by atoms with Crippen molar-refractivity contribution in [1.82, 2.24) is 5.27 Å². The molecule has 1 unspecified atom stereocenters. The van der Waals surface area contributed by atoms with E-state index in [4.69, 9.17) is 0 Å². The second kappa shape index (κ2) is 6.08. The number of anilines is 1. The molecule has 0 bridgehead atoms. The van der Waals surface area contributed by atoms with E-state index in [1.165, 1.54) is 10.7 Å². The zero-order chi connectivity index (χ0) is 15.6. The van der Waals surface area contributed by atoms with Gasteiger partial charge in [-0.3, -0.25) is 9.32 Å². The Bertz CT molecular complexity index is 729. The van der Waals surface area contributed by atoms with E-state index < -0.39 is 28.4 Å². The highest BCUT2D eigenvalue weighted by Crippen LogP contribution is 2.19. The minimum absolute atomic E-state index is 0.136. The maximum absolute atomic E-state index is 13.0. The highest BCUT2D eigenvalue weighted by Gasteiger charge is 2.25. The molecule has 0 aliphatic carbocycles. The molecular weight excluding hydrogens is 304 g/mol. The van der Waals surface area contributed by atoms with Crippen LogP contribution in [0.3, 0.4) is 0 Å². The predicted octanol–water partition coefficient (Wildman–Crippen LogP) is 1.19. The molecule has 0 aliphatic heterocycles. The average Bonchev–Trinajstić information content (AvgIpc) is 2.74. The fourth-order valence-electron chi connectivity index (χ4n) is 1.50. The number of nitrogens with one attached hydrogen (secondary N) is 2. The number of aromatic amines is 1. The maximum atomic E-state index is 13.0. The number of aromatic nitrogens is 2. The van der Waals surface area contributed by atoms with Crippen molar-refractivity contribution in [1.29, 1.82) is 0 Å². The first kappa shape index (κ1) is 15.2. The van der Waals surface area contributed by atoms with Gasteiger partial charge in [0.15, 0.2) is 18.7 Å². The largest absolute Gasteiger partial charge is 0.441 e. The molecule has 0 radical (unpaired) electrons. The van der Waals surface area contributed by atoms with Gasteiger partial charge in [-0.15, -0.1) is 0 Å². The molecule has 6 nitrogen and oxygen atoms in total. The molecule has 1 aromatic carbocycles. The van der Waals surface area contributed by atoms with Crippen LogP contribution in [0.2, 0.25) is 0 Å². The molecule has 0 saturated heterocycles. The van der Waals surface area contributed by atoms with E-state index in [0.29, 0.717) is 0 Å². The Morgan fingerprint density at radius 3 is 2.71 bits per heavy atom. The Morgan fingerprint density at radius 2 is 2.14 bits per heavy atom. The average molecular weight is 316 g/mol. The van der Waals surface area contributed by atoms with Crippen molar-refractivity contribution in [3.05, 3.63) is 40.3 Å². The summed E-state index contributed by atoms with van der Waals surface area (Å²) >= 11 is 0.984. The van der Waals surface area contributed by atoms with Crippen LogP contribution in [0.25, 0.3) is 0 Å². The summed E-state index contributed by atoms with van der Waals surface area (Å²) in [5.74, 6) is -2.50. The molecule has 0 fully saturated rings. The topological polar surface area (TPSA) is 79.0 Å². The molecule has 2 N–H and O–H groups in total. The summed E-state index contributed by atoms with van der Waals surface area (Å²) in [4.78, 5) is 23.3. The SMILES string of the molecule is CC(Sc1c(=O)o[nH][n+]1C)C(=O)Nc1ccc(F)c(F)c1. The van der Waals surface area contributed by atoms with Crippen LogP contribution < -0.4 is 15.6 Å². The molecular formula is C12H12F2N3O3S+. The van der Waals surface area contributed by atoms with Crippen molar-refractivity contribution in [3.63, 3.8) is 0 Å². The van der Waals surface area contributed by atoms with Crippen LogP contribution in [0, 0.1) is 11.6 Å². The van der Waals surface area contributed by atoms with E-state index in [0.717, 1.165) is 23.9 Å². The number of benzene rings is 1. The van der Waals surface area contributed by atoms with Gasteiger partial charge in [0.25, 0.3) is 0 Å². The molecule has 1 heterocycles. The fraction of sp³-hybridized carbons (Fsp3) is 0.250. The monoisotopic (exact) mass is 316 g/mol. The molecule has 1 aromatic heterocycles. The molecule has 1 atom stereocenters. The highest BCUT2D eigenvalue weighted by atomic mass is 32.2. The molecule has 0 aliphatic rings. The number of thioether (sulfide) groups is 1. The second-order valence-corrected chi connectivity index (χ2v) is 5.55. The van der Waals surface area contributed by atoms with Crippen LogP contribution in [0.5, 0.6) is 0 Å². The quantitative estimate of drug-likeness (QED) is 0.656. The first-order valence-electron chi connectivity index (χ1n) is 5.88. The van der Waals surface area contributed by atoms with Crippen LogP contribution in [0.1, 0.15) is 6.92 Å². The van der Waals surface area contributed by atoms with Crippen molar-refractivity contribution >= 4 is 23.4 Å². The van der Waals surface area contributed by atoms with Gasteiger partial charge in [0.1, 0.15) is 0 Å². The minimum atomic E-state index is -1.05. The van der Waals surface area contributed by atoms with E-state index in [1.807, 2.05) is 0 Å². The number of halogens is 2. The van der Waals surface area contributed by atoms with Crippen LogP contribution in [0.4, 0.5) is 14.5 Å². The molecule has 112 valence electrons. The summed E-state index contributed by atoms with van der Waals surface area (Å²) in [6.07, 6.45) is 0. The molecule has 0 spiro atoms. The van der Waals surface area contributed by atoms with Crippen LogP contribution in [0.15, 0.2) is 32.5 Å². The van der Waals surface area contributed by atoms with Crippen molar-refractivity contribution < 1.29 is 22.8 Å². The number of carbonyl (C=O) groups excluding carboxylic acids is 1. The first-order valence-corrected chi connectivity index (χ1v) is 6.76. The predicted molar refractivity (Wildman–Crippen MR) is 70.8 cm³/mol. The van der Waals surface area contributed by atoms with Gasteiger partial charge in [0.2, 0.25) is 5.91 Å². The van der Waals surface area contributed by atoms with Gasteiger partial charge in [0.05, 0.1) is 5.25 Å². The standard InChI is InChI=1S/C12H11F2N3O3S/c1-6(21-11-12(19)20-16-17(11)2)10(18)15-7-3-4-8(13)9(14)5-7/h3-6H,1-2H3,(H-,15,16,18,19)/p+1. The lowest BCUT2D eigenvalue weighted by molar-refractivity contribution is -0.772. The summed E-state index contributed by atoms with van der Waals surface area (Å²) in [6.45, 7) is 1.58. The molecule has 1 amide bonds. The number of amides is 1. The van der Waals surface area contributed by atoms with Gasteiger partial charge < -0.3 is 5.32 Å². The molecule has 9 heteroatoms. The van der Waals surface area contributed by atoms with Gasteiger partial charge in [-0.2, -0.15) is 0 Å². The number of aryl methyl sites for hydroxylation is 1. The summed E-state index contributed by atoms with van der Waals surface area (Å²) in [6, 6.07) is 3.05. The molecule has 2 rings (SSSR count). The third-order valence-electron chi connectivity index (χ3n) is 2.60. The smallest absolute Gasteiger partial charge is 0.325 e. The Kier molecular flexibility index (Phi) is 4.41. The van der Waals surface area contributed by atoms with Crippen LogP contribution >= 0.6 is 11.8 Å². The third-order valence-corrected chi connectivity index (χ3v) is 3.83. The Labute approximate surface area is 122 Å². The van der Waals surface area contributed by atoms with E-state index in [2.05, 4.69) is 15.1 Å². The van der Waals surface area contributed by atoms with Crippen molar-refractivity contribution in [3.8, 4) is 0 Å². The van der Waals surface area contributed by atoms with Crippen molar-refractivity contribution in [2.75, 3.05) is 5.32 Å². The molecule has 2 aromatic rings. The first-order chi connectivity index (χ1) is 9.88. The van der Waals surface area contributed by atoms with E-state index in [9.17, 15) is 18.4 Å². The summed E-state index contributed by atoms with van der Waals surface area (Å²) in [5, 5.41) is 4.36. The number of H-pyrrole nitrogens is 1. The number of carbonyl (C=O) groups is 1. The summed E-state index contributed by atoms with van der Waals surface area (Å²) in [5.41, 5.74) is -0.452. The van der Waals surface area contributed by atoms with Crippen molar-refractivity contribution in [2.45, 2.75) is 17.2 Å². The lowest BCUT2D eigenvalue weighted by atomic mass is 10.3.